The Balaban J connectivity index is 4.10. The largest absolute Gasteiger partial charge is 0.389 e. The Morgan fingerprint density at radius 3 is 2.19 bits per heavy atom. The van der Waals surface area contributed by atoms with E-state index in [1.54, 1.807) is 7.05 Å². The summed E-state index contributed by atoms with van der Waals surface area (Å²) >= 11 is 0. The van der Waals surface area contributed by atoms with Crippen LogP contribution in [0.25, 0.3) is 0 Å². The zero-order valence-corrected chi connectivity index (χ0v) is 10.4. The predicted molar refractivity (Wildman–Crippen MR) is 58.5 cm³/mol. The van der Waals surface area contributed by atoms with Crippen molar-refractivity contribution in [1.29, 1.82) is 0 Å². The van der Waals surface area contributed by atoms with E-state index in [9.17, 15) is 13.2 Å². The molecular formula is C11H22F3NO. The molecule has 1 atom stereocenters. The molecule has 0 aromatic carbocycles. The number of likely N-dealkylation sites (N-methyl/N-ethyl adjacent to an activating group) is 1. The van der Waals surface area contributed by atoms with Gasteiger partial charge in [-0.3, -0.25) is 0 Å². The van der Waals surface area contributed by atoms with Crippen LogP contribution in [0, 0.1) is 0 Å². The zero-order chi connectivity index (χ0) is 12.8. The minimum absolute atomic E-state index is 0.0604. The fourth-order valence-corrected chi connectivity index (χ4v) is 1.82. The van der Waals surface area contributed by atoms with Gasteiger partial charge in [0, 0.05) is 19.1 Å². The average molecular weight is 241 g/mol. The van der Waals surface area contributed by atoms with Crippen LogP contribution in [0.3, 0.4) is 0 Å². The van der Waals surface area contributed by atoms with Crippen LogP contribution in [0.15, 0.2) is 0 Å². The molecule has 0 spiro atoms. The number of ether oxygens (including phenoxy) is 1. The topological polar surface area (TPSA) is 21.3 Å². The van der Waals surface area contributed by atoms with Gasteiger partial charge in [-0.05, 0) is 40.7 Å². The predicted octanol–water partition coefficient (Wildman–Crippen LogP) is 3.12. The van der Waals surface area contributed by atoms with Crippen molar-refractivity contribution < 1.29 is 17.9 Å². The van der Waals surface area contributed by atoms with Crippen LogP contribution in [0.5, 0.6) is 0 Å². The Bertz CT molecular complexity index is 192. The van der Waals surface area contributed by atoms with Crippen molar-refractivity contribution in [1.82, 2.24) is 5.32 Å². The lowest BCUT2D eigenvalue weighted by Crippen LogP contribution is -2.47. The second-order valence-electron chi connectivity index (χ2n) is 4.39. The molecule has 0 aliphatic rings. The molecule has 0 fully saturated rings. The van der Waals surface area contributed by atoms with E-state index in [1.165, 1.54) is 0 Å². The Kier molecular flexibility index (Phi) is 6.33. The minimum atomic E-state index is -4.06. The van der Waals surface area contributed by atoms with Gasteiger partial charge in [-0.15, -0.1) is 0 Å². The van der Waals surface area contributed by atoms with Gasteiger partial charge in [0.15, 0.2) is 0 Å². The maximum absolute atomic E-state index is 12.0. The molecule has 16 heavy (non-hydrogen) atoms. The maximum atomic E-state index is 12.0. The van der Waals surface area contributed by atoms with Gasteiger partial charge in [-0.25, -0.2) is 0 Å². The van der Waals surface area contributed by atoms with Crippen LogP contribution in [0.1, 0.15) is 40.0 Å². The second-order valence-corrected chi connectivity index (χ2v) is 4.39. The molecule has 0 radical (unpaired) electrons. The summed E-state index contributed by atoms with van der Waals surface area (Å²) in [6.07, 6.45) is -4.20. The van der Waals surface area contributed by atoms with Crippen molar-refractivity contribution in [3.8, 4) is 0 Å². The molecule has 0 saturated heterocycles. The highest BCUT2D eigenvalue weighted by molar-refractivity contribution is 4.84. The molecule has 1 unspecified atom stereocenters. The number of alkyl halides is 3. The van der Waals surface area contributed by atoms with Crippen molar-refractivity contribution in [2.45, 2.75) is 57.9 Å². The number of halogens is 3. The lowest BCUT2D eigenvalue weighted by atomic mass is 9.93. The third-order valence-electron chi connectivity index (χ3n) is 2.66. The summed E-state index contributed by atoms with van der Waals surface area (Å²) in [4.78, 5) is 0. The summed E-state index contributed by atoms with van der Waals surface area (Å²) in [6, 6.07) is -0.0604. The molecule has 0 amide bonds. The van der Waals surface area contributed by atoms with Gasteiger partial charge >= 0.3 is 6.18 Å². The third kappa shape index (κ3) is 6.33. The smallest absolute Gasteiger partial charge is 0.374 e. The third-order valence-corrected chi connectivity index (χ3v) is 2.66. The number of rotatable bonds is 7. The van der Waals surface area contributed by atoms with Gasteiger partial charge in [0.05, 0.1) is 5.60 Å². The summed E-state index contributed by atoms with van der Waals surface area (Å²) in [5.41, 5.74) is -0.435. The van der Waals surface area contributed by atoms with E-state index in [2.05, 4.69) is 5.32 Å². The van der Waals surface area contributed by atoms with Crippen LogP contribution >= 0.6 is 0 Å². The quantitative estimate of drug-likeness (QED) is 0.739. The van der Waals surface area contributed by atoms with Crippen LogP contribution in [-0.2, 0) is 4.74 Å². The molecule has 2 nitrogen and oxygen atoms in total. The molecular weight excluding hydrogens is 219 g/mol. The van der Waals surface area contributed by atoms with Gasteiger partial charge in [0.25, 0.3) is 0 Å². The molecule has 5 heteroatoms. The van der Waals surface area contributed by atoms with Crippen molar-refractivity contribution in [2.24, 2.45) is 0 Å². The molecule has 0 saturated carbocycles. The maximum Gasteiger partial charge on any atom is 0.389 e. The molecule has 0 aromatic heterocycles. The van der Waals surface area contributed by atoms with E-state index < -0.39 is 18.2 Å². The normalized spacial score (nSPS) is 15.2. The molecule has 0 rings (SSSR count). The summed E-state index contributed by atoms with van der Waals surface area (Å²) in [6.45, 7) is 6.23. The first-order valence-electron chi connectivity index (χ1n) is 5.61. The van der Waals surface area contributed by atoms with E-state index in [-0.39, 0.29) is 12.5 Å². The van der Waals surface area contributed by atoms with Gasteiger partial charge in [-0.1, -0.05) is 0 Å². The lowest BCUT2D eigenvalue weighted by molar-refractivity contribution is -0.137. The number of nitrogens with one attached hydrogen (secondary N) is 1. The Morgan fingerprint density at radius 1 is 1.25 bits per heavy atom. The Labute approximate surface area is 95.5 Å². The summed E-state index contributed by atoms with van der Waals surface area (Å²) in [5.74, 6) is 0. The molecule has 0 aliphatic carbocycles. The molecule has 1 N–H and O–H groups in total. The Morgan fingerprint density at radius 2 is 1.81 bits per heavy atom. The lowest BCUT2D eigenvalue weighted by Gasteiger charge is -2.34. The van der Waals surface area contributed by atoms with Crippen molar-refractivity contribution in [3.63, 3.8) is 0 Å². The van der Waals surface area contributed by atoms with E-state index in [0.29, 0.717) is 13.0 Å². The van der Waals surface area contributed by atoms with E-state index in [4.69, 9.17) is 4.74 Å². The number of hydrogen-bond donors (Lipinski definition) is 1. The van der Waals surface area contributed by atoms with Crippen LogP contribution < -0.4 is 5.32 Å². The number of hydrogen-bond acceptors (Lipinski definition) is 2. The fraction of sp³-hybridized carbons (Fsp3) is 1.00. The van der Waals surface area contributed by atoms with E-state index in [0.717, 1.165) is 0 Å². The molecule has 98 valence electrons. The summed E-state index contributed by atoms with van der Waals surface area (Å²) < 4.78 is 41.5. The van der Waals surface area contributed by atoms with Crippen LogP contribution in [0.4, 0.5) is 13.2 Å². The molecule has 0 bridgehead atoms. The molecule has 0 aromatic rings. The highest BCUT2D eigenvalue weighted by Gasteiger charge is 2.31. The highest BCUT2D eigenvalue weighted by Crippen LogP contribution is 2.25. The van der Waals surface area contributed by atoms with Gasteiger partial charge < -0.3 is 10.1 Å². The minimum Gasteiger partial charge on any atom is -0.374 e. The first kappa shape index (κ1) is 15.7. The summed E-state index contributed by atoms with van der Waals surface area (Å²) in [7, 11) is 1.75. The standard InChI is InChI=1S/C11H22F3NO/c1-5-16-10(2,3)9(15-4)7-6-8-11(12,13)14/h9,15H,5-8H2,1-4H3. The monoisotopic (exact) mass is 241 g/mol. The SMILES string of the molecule is CCOC(C)(C)C(CCCC(F)(F)F)NC. The van der Waals surface area contributed by atoms with Crippen molar-refractivity contribution in [2.75, 3.05) is 13.7 Å². The first-order chi connectivity index (χ1) is 7.23. The average Bonchev–Trinajstić information content (AvgIpc) is 2.10. The van der Waals surface area contributed by atoms with Crippen LogP contribution in [-0.4, -0.2) is 31.5 Å². The zero-order valence-electron chi connectivity index (χ0n) is 10.4. The fourth-order valence-electron chi connectivity index (χ4n) is 1.82. The van der Waals surface area contributed by atoms with Crippen molar-refractivity contribution in [3.05, 3.63) is 0 Å². The van der Waals surface area contributed by atoms with E-state index in [1.807, 2.05) is 20.8 Å². The van der Waals surface area contributed by atoms with Gasteiger partial charge in [0.2, 0.25) is 0 Å². The Hall–Kier alpha value is -0.290. The van der Waals surface area contributed by atoms with E-state index >= 15 is 0 Å². The highest BCUT2D eigenvalue weighted by atomic mass is 19.4. The summed E-state index contributed by atoms with van der Waals surface area (Å²) in [5, 5.41) is 3.02. The van der Waals surface area contributed by atoms with Crippen LogP contribution in [0.2, 0.25) is 0 Å². The molecule has 0 aliphatic heterocycles. The molecule has 0 heterocycles. The van der Waals surface area contributed by atoms with Gasteiger partial charge in [-0.2, -0.15) is 13.2 Å². The first-order valence-corrected chi connectivity index (χ1v) is 5.61. The van der Waals surface area contributed by atoms with Crippen molar-refractivity contribution >= 4 is 0 Å². The second kappa shape index (κ2) is 6.45. The van der Waals surface area contributed by atoms with Gasteiger partial charge in [0.1, 0.15) is 0 Å².